The Morgan fingerprint density at radius 2 is 1.76 bits per heavy atom. The predicted molar refractivity (Wildman–Crippen MR) is 71.2 cm³/mol. The maximum Gasteiger partial charge on any atom is 0.118 e. The van der Waals surface area contributed by atoms with Crippen LogP contribution in [0.5, 0.6) is 5.75 Å². The summed E-state index contributed by atoms with van der Waals surface area (Å²) in [4.78, 5) is 0. The molecule has 0 unspecified atom stereocenters. The summed E-state index contributed by atoms with van der Waals surface area (Å²) in [6, 6.07) is 10.4. The fourth-order valence-electron chi connectivity index (χ4n) is 1.92. The largest absolute Gasteiger partial charge is 0.497 e. The van der Waals surface area contributed by atoms with Gasteiger partial charge in [-0.3, -0.25) is 0 Å². The topological polar surface area (TPSA) is 40.2 Å². The van der Waals surface area contributed by atoms with Gasteiger partial charge < -0.3 is 15.0 Å². The molecule has 0 saturated heterocycles. The zero-order chi connectivity index (χ0) is 12.4. The van der Waals surface area contributed by atoms with Crippen LogP contribution in [0.2, 0.25) is 0 Å². The number of methoxy groups -OCH3 is 1. The standard InChI is InChI=1S/C14H18N2O/c1-10(2)16-9-8-13(14(16)15)11-4-6-12(17-3)7-5-11/h4-10H,15H2,1-3H3. The van der Waals surface area contributed by atoms with Crippen LogP contribution in [-0.2, 0) is 0 Å². The van der Waals surface area contributed by atoms with Gasteiger partial charge in [-0.25, -0.2) is 0 Å². The molecule has 2 N–H and O–H groups in total. The van der Waals surface area contributed by atoms with E-state index in [1.807, 2.05) is 30.5 Å². The van der Waals surface area contributed by atoms with Gasteiger partial charge in [-0.2, -0.15) is 0 Å². The lowest BCUT2D eigenvalue weighted by Gasteiger charge is -2.11. The van der Waals surface area contributed by atoms with Crippen LogP contribution in [0.4, 0.5) is 5.82 Å². The summed E-state index contributed by atoms with van der Waals surface area (Å²) >= 11 is 0. The molecular weight excluding hydrogens is 212 g/mol. The molecule has 17 heavy (non-hydrogen) atoms. The van der Waals surface area contributed by atoms with Gasteiger partial charge in [-0.05, 0) is 37.6 Å². The van der Waals surface area contributed by atoms with Crippen LogP contribution in [0.1, 0.15) is 19.9 Å². The molecule has 0 spiro atoms. The Hall–Kier alpha value is -1.90. The smallest absolute Gasteiger partial charge is 0.118 e. The van der Waals surface area contributed by atoms with Gasteiger partial charge in [-0.15, -0.1) is 0 Å². The first-order chi connectivity index (χ1) is 8.13. The maximum absolute atomic E-state index is 6.14. The zero-order valence-corrected chi connectivity index (χ0v) is 10.5. The van der Waals surface area contributed by atoms with E-state index < -0.39 is 0 Å². The van der Waals surface area contributed by atoms with Crippen molar-refractivity contribution >= 4 is 5.82 Å². The zero-order valence-electron chi connectivity index (χ0n) is 10.5. The van der Waals surface area contributed by atoms with E-state index in [-0.39, 0.29) is 0 Å². The highest BCUT2D eigenvalue weighted by atomic mass is 16.5. The minimum absolute atomic E-state index is 0.377. The summed E-state index contributed by atoms with van der Waals surface area (Å²) in [6.07, 6.45) is 2.03. The molecule has 0 bridgehead atoms. The van der Waals surface area contributed by atoms with E-state index in [0.717, 1.165) is 22.7 Å². The summed E-state index contributed by atoms with van der Waals surface area (Å²) in [5.74, 6) is 1.67. The number of anilines is 1. The molecule has 1 heterocycles. The Balaban J connectivity index is 2.39. The average molecular weight is 230 g/mol. The van der Waals surface area contributed by atoms with Crippen molar-refractivity contribution in [3.8, 4) is 16.9 Å². The molecule has 1 aromatic carbocycles. The van der Waals surface area contributed by atoms with Gasteiger partial charge in [0.15, 0.2) is 0 Å². The lowest BCUT2D eigenvalue weighted by molar-refractivity contribution is 0.415. The first kappa shape index (κ1) is 11.6. The second-order valence-corrected chi connectivity index (χ2v) is 4.34. The van der Waals surface area contributed by atoms with E-state index >= 15 is 0 Å². The fourth-order valence-corrected chi connectivity index (χ4v) is 1.92. The molecule has 90 valence electrons. The molecule has 0 fully saturated rings. The van der Waals surface area contributed by atoms with E-state index in [9.17, 15) is 0 Å². The van der Waals surface area contributed by atoms with Crippen molar-refractivity contribution in [1.82, 2.24) is 4.57 Å². The fraction of sp³-hybridized carbons (Fsp3) is 0.286. The molecule has 1 aromatic heterocycles. The van der Waals surface area contributed by atoms with Gasteiger partial charge in [0.1, 0.15) is 11.6 Å². The number of aromatic nitrogens is 1. The van der Waals surface area contributed by atoms with Crippen LogP contribution >= 0.6 is 0 Å². The first-order valence-corrected chi connectivity index (χ1v) is 5.74. The van der Waals surface area contributed by atoms with Crippen molar-refractivity contribution in [2.45, 2.75) is 19.9 Å². The average Bonchev–Trinajstić information content (AvgIpc) is 2.71. The Bertz CT molecular complexity index is 497. The minimum atomic E-state index is 0.377. The highest BCUT2D eigenvalue weighted by Crippen LogP contribution is 2.30. The second kappa shape index (κ2) is 4.53. The molecule has 2 aromatic rings. The third-order valence-corrected chi connectivity index (χ3v) is 2.91. The molecule has 3 heteroatoms. The molecular formula is C14H18N2O. The van der Waals surface area contributed by atoms with Crippen LogP contribution in [0.3, 0.4) is 0 Å². The maximum atomic E-state index is 6.14. The van der Waals surface area contributed by atoms with E-state index in [2.05, 4.69) is 24.5 Å². The molecule has 0 aliphatic rings. The third kappa shape index (κ3) is 2.13. The number of hydrogen-bond acceptors (Lipinski definition) is 2. The summed E-state index contributed by atoms with van der Waals surface area (Å²) < 4.78 is 7.21. The van der Waals surface area contributed by atoms with E-state index in [0.29, 0.717) is 6.04 Å². The molecule has 0 amide bonds. The third-order valence-electron chi connectivity index (χ3n) is 2.91. The SMILES string of the molecule is COc1ccc(-c2ccn(C(C)C)c2N)cc1. The van der Waals surface area contributed by atoms with Crippen molar-refractivity contribution < 1.29 is 4.74 Å². The second-order valence-electron chi connectivity index (χ2n) is 4.34. The van der Waals surface area contributed by atoms with Crippen LogP contribution in [-0.4, -0.2) is 11.7 Å². The van der Waals surface area contributed by atoms with Crippen LogP contribution < -0.4 is 10.5 Å². The molecule has 0 aliphatic heterocycles. The summed E-state index contributed by atoms with van der Waals surface area (Å²) in [6.45, 7) is 4.24. The van der Waals surface area contributed by atoms with Crippen molar-refractivity contribution in [3.05, 3.63) is 36.5 Å². The monoisotopic (exact) mass is 230 g/mol. The van der Waals surface area contributed by atoms with Crippen LogP contribution in [0.25, 0.3) is 11.1 Å². The first-order valence-electron chi connectivity index (χ1n) is 5.74. The van der Waals surface area contributed by atoms with Gasteiger partial charge >= 0.3 is 0 Å². The number of hydrogen-bond donors (Lipinski definition) is 1. The van der Waals surface area contributed by atoms with E-state index in [4.69, 9.17) is 10.5 Å². The van der Waals surface area contributed by atoms with E-state index in [1.54, 1.807) is 7.11 Å². The quantitative estimate of drug-likeness (QED) is 0.878. The Labute approximate surface area is 102 Å². The highest BCUT2D eigenvalue weighted by Gasteiger charge is 2.09. The van der Waals surface area contributed by atoms with Gasteiger partial charge in [0.25, 0.3) is 0 Å². The van der Waals surface area contributed by atoms with Crippen molar-refractivity contribution in [2.75, 3.05) is 12.8 Å². The van der Waals surface area contributed by atoms with E-state index in [1.165, 1.54) is 0 Å². The highest BCUT2D eigenvalue weighted by molar-refractivity contribution is 5.75. The molecule has 2 rings (SSSR count). The number of benzene rings is 1. The van der Waals surface area contributed by atoms with Gasteiger partial charge in [-0.1, -0.05) is 12.1 Å². The lowest BCUT2D eigenvalue weighted by atomic mass is 10.1. The predicted octanol–water partition coefficient (Wildman–Crippen LogP) is 3.33. The van der Waals surface area contributed by atoms with Gasteiger partial charge in [0.2, 0.25) is 0 Å². The molecule has 0 atom stereocenters. The van der Waals surface area contributed by atoms with Crippen LogP contribution in [0.15, 0.2) is 36.5 Å². The van der Waals surface area contributed by atoms with Crippen molar-refractivity contribution in [3.63, 3.8) is 0 Å². The molecule has 0 aliphatic carbocycles. The number of nitrogens with two attached hydrogens (primary N) is 1. The summed E-state index contributed by atoms with van der Waals surface area (Å²) in [5, 5.41) is 0. The Kier molecular flexibility index (Phi) is 3.09. The number of nitrogen functional groups attached to an aromatic ring is 1. The molecule has 3 nitrogen and oxygen atoms in total. The summed E-state index contributed by atoms with van der Waals surface area (Å²) in [7, 11) is 1.67. The number of ether oxygens (including phenoxy) is 1. The molecule has 0 saturated carbocycles. The minimum Gasteiger partial charge on any atom is -0.497 e. The normalized spacial score (nSPS) is 10.8. The Morgan fingerprint density at radius 1 is 1.12 bits per heavy atom. The van der Waals surface area contributed by atoms with Gasteiger partial charge in [0.05, 0.1) is 7.11 Å². The van der Waals surface area contributed by atoms with Gasteiger partial charge in [0, 0.05) is 17.8 Å². The lowest BCUT2D eigenvalue weighted by Crippen LogP contribution is -2.04. The van der Waals surface area contributed by atoms with Crippen LogP contribution in [0, 0.1) is 0 Å². The van der Waals surface area contributed by atoms with Crippen molar-refractivity contribution in [1.29, 1.82) is 0 Å². The Morgan fingerprint density at radius 3 is 2.24 bits per heavy atom. The number of nitrogens with zero attached hydrogens (tertiary/aromatic N) is 1. The number of rotatable bonds is 3. The molecule has 0 radical (unpaired) electrons. The summed E-state index contributed by atoms with van der Waals surface area (Å²) in [5.41, 5.74) is 8.32. The van der Waals surface area contributed by atoms with Crippen molar-refractivity contribution in [2.24, 2.45) is 0 Å².